The molecule has 0 aliphatic heterocycles. The molecule has 0 saturated carbocycles. The lowest BCUT2D eigenvalue weighted by Gasteiger charge is -2.08. The smallest absolute Gasteiger partial charge is 0.336 e. The molecule has 8 heteroatoms. The summed E-state index contributed by atoms with van der Waals surface area (Å²) in [6, 6.07) is 12.3. The van der Waals surface area contributed by atoms with Crippen LogP contribution < -0.4 is 11.1 Å². The van der Waals surface area contributed by atoms with Crippen LogP contribution in [0.3, 0.4) is 0 Å². The molecule has 2 aromatic heterocycles. The second kappa shape index (κ2) is 6.75. The molecule has 0 fully saturated rings. The maximum Gasteiger partial charge on any atom is 0.336 e. The summed E-state index contributed by atoms with van der Waals surface area (Å²) in [5.74, 6) is -2.39. The minimum Gasteiger partial charge on any atom is -0.478 e. The number of pyridine rings is 2. The van der Waals surface area contributed by atoms with Crippen LogP contribution in [-0.2, 0) is 6.42 Å². The Labute approximate surface area is 162 Å². The van der Waals surface area contributed by atoms with Gasteiger partial charge < -0.3 is 20.2 Å². The molecule has 2 aromatic carbocycles. The molecule has 0 unspecified atom stereocenters. The summed E-state index contributed by atoms with van der Waals surface area (Å²) in [5.41, 5.74) is 1.25. The minimum atomic E-state index is -1.20. The zero-order valence-electron chi connectivity index (χ0n) is 14.9. The Balaban J connectivity index is 1.81. The average molecular weight is 390 g/mol. The fraction of sp³-hybridized carbons (Fsp3) is 0.0476. The van der Waals surface area contributed by atoms with E-state index in [9.17, 15) is 29.4 Å². The van der Waals surface area contributed by atoms with E-state index in [1.165, 1.54) is 0 Å². The van der Waals surface area contributed by atoms with Crippen LogP contribution in [0.4, 0.5) is 0 Å². The third kappa shape index (κ3) is 3.39. The first-order chi connectivity index (χ1) is 13.8. The largest absolute Gasteiger partial charge is 0.478 e. The van der Waals surface area contributed by atoms with E-state index in [-0.39, 0.29) is 11.1 Å². The highest BCUT2D eigenvalue weighted by atomic mass is 16.4. The lowest BCUT2D eigenvalue weighted by molar-refractivity contribution is 0.0688. The maximum absolute atomic E-state index is 11.6. The van der Waals surface area contributed by atoms with Crippen molar-refractivity contribution in [2.75, 3.05) is 0 Å². The summed E-state index contributed by atoms with van der Waals surface area (Å²) in [7, 11) is 0. The van der Waals surface area contributed by atoms with Crippen molar-refractivity contribution >= 4 is 33.7 Å². The van der Waals surface area contributed by atoms with E-state index in [1.54, 1.807) is 36.4 Å². The van der Waals surface area contributed by atoms with Gasteiger partial charge in [-0.25, -0.2) is 9.59 Å². The quantitative estimate of drug-likeness (QED) is 0.422. The van der Waals surface area contributed by atoms with Crippen molar-refractivity contribution in [3.8, 4) is 0 Å². The summed E-state index contributed by atoms with van der Waals surface area (Å²) in [6.45, 7) is 0. The number of hydrogen-bond donors (Lipinski definition) is 4. The number of aromatic carboxylic acids is 2. The second-order valence-corrected chi connectivity index (χ2v) is 6.64. The van der Waals surface area contributed by atoms with Crippen molar-refractivity contribution in [1.82, 2.24) is 9.97 Å². The number of H-pyrrole nitrogens is 2. The molecule has 4 aromatic rings. The van der Waals surface area contributed by atoms with Crippen molar-refractivity contribution in [1.29, 1.82) is 0 Å². The average Bonchev–Trinajstić information content (AvgIpc) is 2.67. The Kier molecular flexibility index (Phi) is 4.23. The standard InChI is InChI=1S/C21H14N2O6/c24-18-8-14(20(26)27)12-6-10(1-3-16(12)22-18)5-11-2-4-17-13(7-11)15(21(28)29)9-19(25)23-17/h1-4,6-9H,5H2,(H,22,24)(H,23,25)(H,26,27)(H,28,29). The van der Waals surface area contributed by atoms with Crippen molar-refractivity contribution in [2.24, 2.45) is 0 Å². The molecule has 0 atom stereocenters. The van der Waals surface area contributed by atoms with Gasteiger partial charge in [0.1, 0.15) is 0 Å². The number of hydrogen-bond acceptors (Lipinski definition) is 4. The SMILES string of the molecule is O=C(O)c1cc(=O)[nH]c2ccc(Cc3ccc4[nH]c(=O)cc(C(=O)O)c4c3)cc12. The molecular weight excluding hydrogens is 376 g/mol. The van der Waals surface area contributed by atoms with E-state index < -0.39 is 23.1 Å². The summed E-state index contributed by atoms with van der Waals surface area (Å²) < 4.78 is 0. The van der Waals surface area contributed by atoms with Gasteiger partial charge in [0.25, 0.3) is 0 Å². The third-order valence-electron chi connectivity index (χ3n) is 4.68. The zero-order chi connectivity index (χ0) is 20.7. The lowest BCUT2D eigenvalue weighted by atomic mass is 9.98. The van der Waals surface area contributed by atoms with Crippen LogP contribution in [0, 0.1) is 0 Å². The molecule has 0 aliphatic carbocycles. The summed E-state index contributed by atoms with van der Waals surface area (Å²) in [5, 5.41) is 19.6. The molecule has 2 heterocycles. The molecule has 8 nitrogen and oxygen atoms in total. The number of carboxylic acid groups (broad SMARTS) is 2. The first kappa shape index (κ1) is 18.2. The highest BCUT2D eigenvalue weighted by Crippen LogP contribution is 2.22. The van der Waals surface area contributed by atoms with Crippen molar-refractivity contribution < 1.29 is 19.8 Å². The zero-order valence-corrected chi connectivity index (χ0v) is 14.9. The maximum atomic E-state index is 11.6. The highest BCUT2D eigenvalue weighted by Gasteiger charge is 2.13. The molecule has 0 saturated heterocycles. The van der Waals surface area contributed by atoms with Crippen LogP contribution in [0.1, 0.15) is 31.8 Å². The first-order valence-corrected chi connectivity index (χ1v) is 8.60. The first-order valence-electron chi connectivity index (χ1n) is 8.60. The van der Waals surface area contributed by atoms with E-state index in [1.807, 2.05) is 0 Å². The summed E-state index contributed by atoms with van der Waals surface area (Å²) in [6.07, 6.45) is 0.405. The van der Waals surface area contributed by atoms with Crippen LogP contribution in [0.2, 0.25) is 0 Å². The van der Waals surface area contributed by atoms with Gasteiger partial charge in [-0.2, -0.15) is 0 Å². The van der Waals surface area contributed by atoms with Crippen LogP contribution in [0.5, 0.6) is 0 Å². The number of aromatic nitrogens is 2. The Morgan fingerprint density at radius 1 is 0.690 bits per heavy atom. The second-order valence-electron chi connectivity index (χ2n) is 6.64. The number of fused-ring (bicyclic) bond motifs is 2. The van der Waals surface area contributed by atoms with Crippen LogP contribution in [-0.4, -0.2) is 32.1 Å². The third-order valence-corrected chi connectivity index (χ3v) is 4.68. The molecule has 4 N–H and O–H groups in total. The lowest BCUT2D eigenvalue weighted by Crippen LogP contribution is -2.10. The fourth-order valence-electron chi connectivity index (χ4n) is 3.41. The summed E-state index contributed by atoms with van der Waals surface area (Å²) in [4.78, 5) is 51.4. The molecule has 0 bridgehead atoms. The molecule has 4 rings (SSSR count). The highest BCUT2D eigenvalue weighted by molar-refractivity contribution is 6.03. The minimum absolute atomic E-state index is 0.0881. The van der Waals surface area contributed by atoms with Crippen molar-refractivity contribution in [3.63, 3.8) is 0 Å². The van der Waals surface area contributed by atoms with Crippen LogP contribution in [0.25, 0.3) is 21.8 Å². The fourth-order valence-corrected chi connectivity index (χ4v) is 3.41. The Morgan fingerprint density at radius 2 is 1.10 bits per heavy atom. The van der Waals surface area contributed by atoms with Gasteiger partial charge >= 0.3 is 11.9 Å². The Morgan fingerprint density at radius 3 is 1.48 bits per heavy atom. The number of carbonyl (C=O) groups is 2. The van der Waals surface area contributed by atoms with Gasteiger partial charge in [-0.3, -0.25) is 9.59 Å². The van der Waals surface area contributed by atoms with Crippen molar-refractivity contribution in [3.05, 3.63) is 91.5 Å². The van der Waals surface area contributed by atoms with Gasteiger partial charge in [-0.15, -0.1) is 0 Å². The monoisotopic (exact) mass is 390 g/mol. The van der Waals surface area contributed by atoms with Gasteiger partial charge in [0.05, 0.1) is 11.1 Å². The molecular formula is C21H14N2O6. The van der Waals surface area contributed by atoms with Gasteiger partial charge in [-0.1, -0.05) is 12.1 Å². The van der Waals surface area contributed by atoms with Crippen LogP contribution in [0.15, 0.2) is 58.1 Å². The molecule has 0 spiro atoms. The normalized spacial score (nSPS) is 11.0. The molecule has 0 radical (unpaired) electrons. The van der Waals surface area contributed by atoms with E-state index in [0.717, 1.165) is 23.3 Å². The Hall–Kier alpha value is -4.20. The number of carboxylic acids is 2. The topological polar surface area (TPSA) is 140 Å². The number of aromatic amines is 2. The van der Waals surface area contributed by atoms with Gasteiger partial charge in [0.15, 0.2) is 0 Å². The number of benzene rings is 2. The molecule has 29 heavy (non-hydrogen) atoms. The molecule has 0 amide bonds. The molecule has 144 valence electrons. The predicted molar refractivity (Wildman–Crippen MR) is 106 cm³/mol. The van der Waals surface area contributed by atoms with E-state index in [2.05, 4.69) is 9.97 Å². The molecule has 0 aliphatic rings. The van der Waals surface area contributed by atoms with E-state index in [4.69, 9.17) is 0 Å². The van der Waals surface area contributed by atoms with E-state index in [0.29, 0.717) is 28.2 Å². The number of rotatable bonds is 4. The van der Waals surface area contributed by atoms with E-state index >= 15 is 0 Å². The predicted octanol–water partition coefficient (Wildman–Crippen LogP) is 2.36. The van der Waals surface area contributed by atoms with Gasteiger partial charge in [0.2, 0.25) is 11.1 Å². The van der Waals surface area contributed by atoms with Crippen molar-refractivity contribution in [2.45, 2.75) is 6.42 Å². The summed E-state index contributed by atoms with van der Waals surface area (Å²) >= 11 is 0. The van der Waals surface area contributed by atoms with Gasteiger partial charge in [0, 0.05) is 33.9 Å². The Bertz CT molecular complexity index is 1320. The van der Waals surface area contributed by atoms with Crippen LogP contribution >= 0.6 is 0 Å². The van der Waals surface area contributed by atoms with Gasteiger partial charge in [-0.05, 0) is 41.8 Å². The number of nitrogens with one attached hydrogen (secondary N) is 2.